The Kier molecular flexibility index (Phi) is 5.84. The number of hydrogen-bond acceptors (Lipinski definition) is 4. The monoisotopic (exact) mass is 402 g/mol. The molecule has 138 valence electrons. The van der Waals surface area contributed by atoms with E-state index < -0.39 is 5.91 Å². The minimum atomic E-state index is -0.586. The van der Waals surface area contributed by atoms with E-state index in [0.29, 0.717) is 39.0 Å². The first kappa shape index (κ1) is 19.0. The van der Waals surface area contributed by atoms with Crippen LogP contribution in [-0.2, 0) is 11.2 Å². The van der Waals surface area contributed by atoms with Gasteiger partial charge in [0.25, 0.3) is 5.91 Å². The van der Waals surface area contributed by atoms with Crippen LogP contribution in [0.15, 0.2) is 54.7 Å². The number of aromatic nitrogens is 1. The summed E-state index contributed by atoms with van der Waals surface area (Å²) in [5, 5.41) is 11.0. The normalized spacial score (nSPS) is 10.6. The third-order valence-corrected chi connectivity index (χ3v) is 4.55. The maximum Gasteiger partial charge on any atom is 0.255 e. The number of amides is 1. The molecule has 1 amide bonds. The summed E-state index contributed by atoms with van der Waals surface area (Å²) in [4.78, 5) is 15.1. The average molecular weight is 403 g/mol. The van der Waals surface area contributed by atoms with Gasteiger partial charge in [0.05, 0.1) is 5.69 Å². The fraction of sp³-hybridized carbons (Fsp3) is 0.100. The standard InChI is InChI=1S/C20H16Cl2N2O3/c21-16-9-13(27-11-20(23)26)10-17(22)14(16)7-12-4-5-19(25)15(8-12)18-3-1-2-6-24-18/h1-6,8-10,25H,7,11H2,(H2,23,26). The Labute approximate surface area is 166 Å². The van der Waals surface area contributed by atoms with Crippen molar-refractivity contribution in [2.24, 2.45) is 5.73 Å². The molecule has 0 radical (unpaired) electrons. The minimum absolute atomic E-state index is 0.143. The van der Waals surface area contributed by atoms with Gasteiger partial charge in [-0.05, 0) is 47.5 Å². The summed E-state index contributed by atoms with van der Waals surface area (Å²) < 4.78 is 5.24. The quantitative estimate of drug-likeness (QED) is 0.646. The number of ether oxygens (including phenoxy) is 1. The van der Waals surface area contributed by atoms with Crippen LogP contribution in [-0.4, -0.2) is 22.6 Å². The molecule has 0 aliphatic carbocycles. The van der Waals surface area contributed by atoms with Crippen LogP contribution in [0.4, 0.5) is 0 Å². The van der Waals surface area contributed by atoms with Crippen molar-refractivity contribution in [3.05, 3.63) is 75.9 Å². The lowest BCUT2D eigenvalue weighted by atomic mass is 10.0. The lowest BCUT2D eigenvalue weighted by Gasteiger charge is -2.12. The molecule has 1 aromatic heterocycles. The zero-order valence-corrected chi connectivity index (χ0v) is 15.7. The highest BCUT2D eigenvalue weighted by molar-refractivity contribution is 6.36. The van der Waals surface area contributed by atoms with Crippen molar-refractivity contribution >= 4 is 29.1 Å². The predicted molar refractivity (Wildman–Crippen MR) is 105 cm³/mol. The Hall–Kier alpha value is -2.76. The average Bonchev–Trinajstić information content (AvgIpc) is 2.65. The highest BCUT2D eigenvalue weighted by Gasteiger charge is 2.13. The molecule has 0 aliphatic rings. The summed E-state index contributed by atoms with van der Waals surface area (Å²) in [6, 6.07) is 13.9. The van der Waals surface area contributed by atoms with Crippen LogP contribution in [0.3, 0.4) is 0 Å². The van der Waals surface area contributed by atoms with Crippen molar-refractivity contribution in [1.82, 2.24) is 4.98 Å². The van der Waals surface area contributed by atoms with Gasteiger partial charge >= 0.3 is 0 Å². The Morgan fingerprint density at radius 1 is 1.11 bits per heavy atom. The third kappa shape index (κ3) is 4.70. The zero-order valence-electron chi connectivity index (χ0n) is 14.2. The molecule has 5 nitrogen and oxygen atoms in total. The van der Waals surface area contributed by atoms with Crippen molar-refractivity contribution < 1.29 is 14.6 Å². The number of primary amides is 1. The van der Waals surface area contributed by atoms with E-state index in [1.807, 2.05) is 24.3 Å². The largest absolute Gasteiger partial charge is 0.507 e. The molecule has 1 heterocycles. The number of carbonyl (C=O) groups is 1. The Morgan fingerprint density at radius 3 is 2.48 bits per heavy atom. The number of carbonyl (C=O) groups excluding carboxylic acids is 1. The van der Waals surface area contributed by atoms with Crippen LogP contribution >= 0.6 is 23.2 Å². The van der Waals surface area contributed by atoms with Gasteiger partial charge in [-0.2, -0.15) is 0 Å². The van der Waals surface area contributed by atoms with Gasteiger partial charge in [-0.25, -0.2) is 0 Å². The number of pyridine rings is 1. The maximum atomic E-state index is 10.8. The summed E-state index contributed by atoms with van der Waals surface area (Å²) in [6.45, 7) is -0.253. The zero-order chi connectivity index (χ0) is 19.4. The molecule has 2 aromatic carbocycles. The van der Waals surface area contributed by atoms with Crippen LogP contribution in [0.5, 0.6) is 11.5 Å². The second-order valence-electron chi connectivity index (χ2n) is 5.86. The van der Waals surface area contributed by atoms with Crippen molar-refractivity contribution in [2.45, 2.75) is 6.42 Å². The van der Waals surface area contributed by atoms with Crippen LogP contribution in [0, 0.1) is 0 Å². The van der Waals surface area contributed by atoms with Crippen molar-refractivity contribution in [1.29, 1.82) is 0 Å². The fourth-order valence-electron chi connectivity index (χ4n) is 2.61. The Morgan fingerprint density at radius 2 is 1.85 bits per heavy atom. The lowest BCUT2D eigenvalue weighted by molar-refractivity contribution is -0.119. The highest BCUT2D eigenvalue weighted by Crippen LogP contribution is 2.34. The molecule has 0 saturated heterocycles. The maximum absolute atomic E-state index is 10.8. The third-order valence-electron chi connectivity index (χ3n) is 3.88. The molecular weight excluding hydrogens is 387 g/mol. The number of benzene rings is 2. The minimum Gasteiger partial charge on any atom is -0.507 e. The molecule has 0 unspecified atom stereocenters. The Bertz CT molecular complexity index is 955. The number of hydrogen-bond donors (Lipinski definition) is 2. The van der Waals surface area contributed by atoms with Gasteiger partial charge in [0, 0.05) is 28.2 Å². The SMILES string of the molecule is NC(=O)COc1cc(Cl)c(Cc2ccc(O)c(-c3ccccn3)c2)c(Cl)c1. The van der Waals surface area contributed by atoms with E-state index >= 15 is 0 Å². The number of aromatic hydroxyl groups is 1. The molecule has 0 saturated carbocycles. The lowest BCUT2D eigenvalue weighted by Crippen LogP contribution is -2.20. The predicted octanol–water partition coefficient (Wildman–Crippen LogP) is 4.22. The first-order valence-electron chi connectivity index (χ1n) is 8.06. The second kappa shape index (κ2) is 8.29. The van der Waals surface area contributed by atoms with Crippen molar-refractivity contribution in [3.8, 4) is 22.8 Å². The van der Waals surface area contributed by atoms with Gasteiger partial charge in [0.15, 0.2) is 6.61 Å². The number of nitrogens with zero attached hydrogens (tertiary/aromatic N) is 1. The van der Waals surface area contributed by atoms with Crippen molar-refractivity contribution in [3.63, 3.8) is 0 Å². The van der Waals surface area contributed by atoms with Crippen molar-refractivity contribution in [2.75, 3.05) is 6.61 Å². The fourth-order valence-corrected chi connectivity index (χ4v) is 3.21. The molecular formula is C20H16Cl2N2O3. The number of phenols is 1. The summed E-state index contributed by atoms with van der Waals surface area (Å²) in [5.41, 5.74) is 7.98. The van der Waals surface area contributed by atoms with Gasteiger partial charge in [-0.3, -0.25) is 9.78 Å². The van der Waals surface area contributed by atoms with E-state index in [0.717, 1.165) is 5.56 Å². The summed E-state index contributed by atoms with van der Waals surface area (Å²) in [5.74, 6) is -0.0743. The van der Waals surface area contributed by atoms with E-state index in [4.69, 9.17) is 33.7 Å². The molecule has 0 bridgehead atoms. The molecule has 0 atom stereocenters. The smallest absolute Gasteiger partial charge is 0.255 e. The summed E-state index contributed by atoms with van der Waals surface area (Å²) in [6.07, 6.45) is 2.12. The first-order valence-corrected chi connectivity index (χ1v) is 8.82. The van der Waals surface area contributed by atoms with Gasteiger partial charge in [0.1, 0.15) is 11.5 Å². The van der Waals surface area contributed by atoms with Crippen LogP contribution in [0.25, 0.3) is 11.3 Å². The topological polar surface area (TPSA) is 85.4 Å². The Balaban J connectivity index is 1.88. The van der Waals surface area contributed by atoms with Gasteiger partial charge in [-0.1, -0.05) is 35.3 Å². The number of halogens is 2. The van der Waals surface area contributed by atoms with E-state index in [1.54, 1.807) is 30.5 Å². The van der Waals surface area contributed by atoms with E-state index in [9.17, 15) is 9.90 Å². The highest BCUT2D eigenvalue weighted by atomic mass is 35.5. The van der Waals surface area contributed by atoms with Gasteiger partial charge < -0.3 is 15.6 Å². The number of nitrogens with two attached hydrogens (primary N) is 1. The van der Waals surface area contributed by atoms with E-state index in [1.165, 1.54) is 0 Å². The molecule has 0 spiro atoms. The molecule has 27 heavy (non-hydrogen) atoms. The second-order valence-corrected chi connectivity index (χ2v) is 6.68. The molecule has 0 aliphatic heterocycles. The van der Waals surface area contributed by atoms with Gasteiger partial charge in [-0.15, -0.1) is 0 Å². The number of phenolic OH excluding ortho intramolecular Hbond substituents is 1. The van der Waals surface area contributed by atoms with E-state index in [2.05, 4.69) is 4.98 Å². The first-order chi connectivity index (χ1) is 12.9. The molecule has 3 N–H and O–H groups in total. The molecule has 3 aromatic rings. The van der Waals surface area contributed by atoms with Crippen LogP contribution in [0.2, 0.25) is 10.0 Å². The molecule has 3 rings (SSSR count). The molecule has 7 heteroatoms. The van der Waals surface area contributed by atoms with Crippen LogP contribution < -0.4 is 10.5 Å². The van der Waals surface area contributed by atoms with Gasteiger partial charge in [0.2, 0.25) is 0 Å². The number of rotatable bonds is 6. The summed E-state index contributed by atoms with van der Waals surface area (Å²) in [7, 11) is 0. The van der Waals surface area contributed by atoms with E-state index in [-0.39, 0.29) is 12.4 Å². The summed E-state index contributed by atoms with van der Waals surface area (Å²) >= 11 is 12.7. The van der Waals surface area contributed by atoms with Crippen LogP contribution in [0.1, 0.15) is 11.1 Å². The molecule has 0 fully saturated rings.